The number of halogens is 2. The monoisotopic (exact) mass is 437 g/mol. The second-order valence-corrected chi connectivity index (χ2v) is 7.92. The first-order valence-corrected chi connectivity index (χ1v) is 10.7. The Morgan fingerprint density at radius 1 is 0.923 bits per heavy atom. The van der Waals surface area contributed by atoms with E-state index in [9.17, 15) is 0 Å². The first-order valence-electron chi connectivity index (χ1n) is 9.55. The van der Waals surface area contributed by atoms with Crippen LogP contribution in [-0.4, -0.2) is 6.54 Å². The van der Waals surface area contributed by atoms with Crippen LogP contribution in [0.25, 0.3) is 0 Å². The van der Waals surface area contributed by atoms with Gasteiger partial charge in [-0.15, -0.1) is 0 Å². The van der Waals surface area contributed by atoms with Gasteiger partial charge in [-0.25, -0.2) is 0 Å². The molecule has 0 aliphatic rings. The number of ether oxygens (including phenoxy) is 1. The average molecular weight is 439 g/mol. The zero-order chi connectivity index (χ0) is 18.6. The second-order valence-electron chi connectivity index (χ2n) is 6.62. The van der Waals surface area contributed by atoms with Gasteiger partial charge in [0.2, 0.25) is 0 Å². The van der Waals surface area contributed by atoms with Crippen molar-refractivity contribution in [2.75, 3.05) is 6.54 Å². The van der Waals surface area contributed by atoms with E-state index in [1.165, 1.54) is 44.1 Å². The molecule has 2 aromatic carbocycles. The summed E-state index contributed by atoms with van der Waals surface area (Å²) in [5.74, 6) is 0.861. The van der Waals surface area contributed by atoms with E-state index in [4.69, 9.17) is 16.3 Å². The molecule has 0 unspecified atom stereocenters. The average Bonchev–Trinajstić information content (AvgIpc) is 2.64. The Balaban J connectivity index is 1.68. The Kier molecular flexibility index (Phi) is 10.1. The molecule has 0 amide bonds. The summed E-state index contributed by atoms with van der Waals surface area (Å²) in [5, 5.41) is 4.27. The van der Waals surface area contributed by atoms with Crippen LogP contribution in [0.4, 0.5) is 0 Å². The molecule has 2 nitrogen and oxygen atoms in total. The molecular formula is C22H29BrClNO. The van der Waals surface area contributed by atoms with E-state index in [-0.39, 0.29) is 0 Å². The van der Waals surface area contributed by atoms with Crippen LogP contribution in [-0.2, 0) is 13.2 Å². The van der Waals surface area contributed by atoms with Crippen molar-refractivity contribution in [2.24, 2.45) is 0 Å². The zero-order valence-corrected chi connectivity index (χ0v) is 17.9. The van der Waals surface area contributed by atoms with Crippen LogP contribution in [0.15, 0.2) is 46.9 Å². The van der Waals surface area contributed by atoms with Crippen molar-refractivity contribution in [3.05, 3.63) is 63.1 Å². The van der Waals surface area contributed by atoms with Crippen molar-refractivity contribution >= 4 is 27.5 Å². The molecule has 26 heavy (non-hydrogen) atoms. The first-order chi connectivity index (χ1) is 12.7. The standard InChI is InChI=1S/C22H29BrClNO/c1-2-3-4-5-6-7-14-25-16-19-10-13-22(21(23)15-19)26-17-18-8-11-20(24)12-9-18/h8-13,15,25H,2-7,14,16-17H2,1H3. The van der Waals surface area contributed by atoms with Gasteiger partial charge in [0.15, 0.2) is 0 Å². The lowest BCUT2D eigenvalue weighted by molar-refractivity contribution is 0.304. The van der Waals surface area contributed by atoms with Gasteiger partial charge in [0.05, 0.1) is 4.47 Å². The lowest BCUT2D eigenvalue weighted by atomic mass is 10.1. The highest BCUT2D eigenvalue weighted by Crippen LogP contribution is 2.27. The van der Waals surface area contributed by atoms with E-state index in [1.54, 1.807) is 0 Å². The minimum absolute atomic E-state index is 0.533. The minimum Gasteiger partial charge on any atom is -0.488 e. The van der Waals surface area contributed by atoms with E-state index >= 15 is 0 Å². The van der Waals surface area contributed by atoms with Crippen molar-refractivity contribution in [1.82, 2.24) is 5.32 Å². The highest BCUT2D eigenvalue weighted by molar-refractivity contribution is 9.10. The largest absolute Gasteiger partial charge is 0.488 e. The molecule has 0 aliphatic heterocycles. The molecular weight excluding hydrogens is 410 g/mol. The maximum atomic E-state index is 5.91. The fourth-order valence-electron chi connectivity index (χ4n) is 2.78. The molecule has 0 heterocycles. The highest BCUT2D eigenvalue weighted by Gasteiger charge is 2.04. The Morgan fingerprint density at radius 3 is 2.35 bits per heavy atom. The van der Waals surface area contributed by atoms with Crippen LogP contribution in [0.2, 0.25) is 5.02 Å². The Hall–Kier alpha value is -1.03. The predicted octanol–water partition coefficient (Wildman–Crippen LogP) is 7.13. The van der Waals surface area contributed by atoms with Crippen molar-refractivity contribution in [1.29, 1.82) is 0 Å². The van der Waals surface area contributed by atoms with Crippen LogP contribution in [0.5, 0.6) is 5.75 Å². The molecule has 2 rings (SSSR count). The topological polar surface area (TPSA) is 21.3 Å². The smallest absolute Gasteiger partial charge is 0.134 e. The Labute approximate surface area is 171 Å². The van der Waals surface area contributed by atoms with E-state index in [0.717, 1.165) is 33.9 Å². The van der Waals surface area contributed by atoms with Crippen LogP contribution < -0.4 is 10.1 Å². The van der Waals surface area contributed by atoms with E-state index < -0.39 is 0 Å². The summed E-state index contributed by atoms with van der Waals surface area (Å²) in [6, 6.07) is 14.0. The van der Waals surface area contributed by atoms with Gasteiger partial charge in [-0.1, -0.05) is 68.8 Å². The summed E-state index contributed by atoms with van der Waals surface area (Å²) in [6.07, 6.45) is 8.00. The third-order valence-electron chi connectivity index (χ3n) is 4.34. The van der Waals surface area contributed by atoms with Gasteiger partial charge in [0.25, 0.3) is 0 Å². The maximum absolute atomic E-state index is 5.91. The molecule has 4 heteroatoms. The SMILES string of the molecule is CCCCCCCCNCc1ccc(OCc2ccc(Cl)cc2)c(Br)c1. The van der Waals surface area contributed by atoms with Crippen LogP contribution >= 0.6 is 27.5 Å². The third kappa shape index (κ3) is 8.11. The molecule has 1 N–H and O–H groups in total. The van der Waals surface area contributed by atoms with Crippen molar-refractivity contribution in [3.8, 4) is 5.75 Å². The highest BCUT2D eigenvalue weighted by atomic mass is 79.9. The molecule has 0 fully saturated rings. The van der Waals surface area contributed by atoms with Gasteiger partial charge in [-0.05, 0) is 64.3 Å². The second kappa shape index (κ2) is 12.4. The fourth-order valence-corrected chi connectivity index (χ4v) is 3.44. The molecule has 0 saturated carbocycles. The van der Waals surface area contributed by atoms with Crippen molar-refractivity contribution < 1.29 is 4.74 Å². The summed E-state index contributed by atoms with van der Waals surface area (Å²) in [4.78, 5) is 0. The van der Waals surface area contributed by atoms with Crippen LogP contribution in [0, 0.1) is 0 Å². The zero-order valence-electron chi connectivity index (χ0n) is 15.6. The Bertz CT molecular complexity index is 645. The van der Waals surface area contributed by atoms with Crippen molar-refractivity contribution in [2.45, 2.75) is 58.6 Å². The maximum Gasteiger partial charge on any atom is 0.134 e. The number of hydrogen-bond donors (Lipinski definition) is 1. The number of rotatable bonds is 12. The third-order valence-corrected chi connectivity index (χ3v) is 5.21. The Morgan fingerprint density at radius 2 is 1.62 bits per heavy atom. The van der Waals surface area contributed by atoms with Gasteiger partial charge >= 0.3 is 0 Å². The summed E-state index contributed by atoms with van der Waals surface area (Å²) < 4.78 is 6.89. The summed E-state index contributed by atoms with van der Waals surface area (Å²) in [7, 11) is 0. The lowest BCUT2D eigenvalue weighted by Gasteiger charge is -2.11. The van der Waals surface area contributed by atoms with Crippen molar-refractivity contribution in [3.63, 3.8) is 0 Å². The quantitative estimate of drug-likeness (QED) is 0.356. The van der Waals surface area contributed by atoms with Gasteiger partial charge in [0.1, 0.15) is 12.4 Å². The molecule has 0 aliphatic carbocycles. The van der Waals surface area contributed by atoms with Gasteiger partial charge in [0, 0.05) is 11.6 Å². The molecule has 0 spiro atoms. The normalized spacial score (nSPS) is 10.9. The van der Waals surface area contributed by atoms with E-state index in [1.807, 2.05) is 30.3 Å². The fraction of sp³-hybridized carbons (Fsp3) is 0.455. The van der Waals surface area contributed by atoms with Gasteiger partial charge in [-0.3, -0.25) is 0 Å². The molecule has 2 aromatic rings. The van der Waals surface area contributed by atoms with Crippen LogP contribution in [0.1, 0.15) is 56.6 Å². The first kappa shape index (κ1) is 21.3. The van der Waals surface area contributed by atoms with Gasteiger partial charge in [-0.2, -0.15) is 0 Å². The number of nitrogens with one attached hydrogen (secondary N) is 1. The molecule has 0 aromatic heterocycles. The van der Waals surface area contributed by atoms with E-state index in [2.05, 4.69) is 40.3 Å². The number of unbranched alkanes of at least 4 members (excludes halogenated alkanes) is 5. The van der Waals surface area contributed by atoms with Gasteiger partial charge < -0.3 is 10.1 Å². The minimum atomic E-state index is 0.533. The summed E-state index contributed by atoms with van der Waals surface area (Å²) in [5.41, 5.74) is 2.37. The predicted molar refractivity (Wildman–Crippen MR) is 115 cm³/mol. The van der Waals surface area contributed by atoms with Crippen LogP contribution in [0.3, 0.4) is 0 Å². The molecule has 0 atom stereocenters. The number of benzene rings is 2. The summed E-state index contributed by atoms with van der Waals surface area (Å²) in [6.45, 7) is 4.77. The number of hydrogen-bond acceptors (Lipinski definition) is 2. The molecule has 0 bridgehead atoms. The molecule has 0 saturated heterocycles. The molecule has 142 valence electrons. The van der Waals surface area contributed by atoms with E-state index in [0.29, 0.717) is 6.61 Å². The lowest BCUT2D eigenvalue weighted by Crippen LogP contribution is -2.14. The molecule has 0 radical (unpaired) electrons. The summed E-state index contributed by atoms with van der Waals surface area (Å²) >= 11 is 9.52.